The SMILES string of the molecule is COC(=O)C(N)(C(C)F)C1CCCCC1. The van der Waals surface area contributed by atoms with Crippen LogP contribution in [0.15, 0.2) is 0 Å². The Hall–Kier alpha value is -0.640. The largest absolute Gasteiger partial charge is 0.468 e. The Balaban J connectivity index is 2.83. The minimum Gasteiger partial charge on any atom is -0.468 e. The summed E-state index contributed by atoms with van der Waals surface area (Å²) in [5.41, 5.74) is 4.47. The van der Waals surface area contributed by atoms with Crippen molar-refractivity contribution in [1.82, 2.24) is 0 Å². The van der Waals surface area contributed by atoms with E-state index in [2.05, 4.69) is 4.74 Å². The molecule has 1 saturated carbocycles. The second kappa shape index (κ2) is 4.92. The number of halogens is 1. The molecule has 0 heterocycles. The molecule has 0 spiro atoms. The molecule has 0 radical (unpaired) electrons. The van der Waals surface area contributed by atoms with Crippen LogP contribution in [-0.4, -0.2) is 24.8 Å². The van der Waals surface area contributed by atoms with Crippen molar-refractivity contribution in [2.45, 2.75) is 50.7 Å². The topological polar surface area (TPSA) is 52.3 Å². The normalized spacial score (nSPS) is 24.3. The molecule has 2 atom stereocenters. The molecule has 1 fully saturated rings. The summed E-state index contributed by atoms with van der Waals surface area (Å²) < 4.78 is 18.2. The molecule has 0 aromatic heterocycles. The van der Waals surface area contributed by atoms with Crippen molar-refractivity contribution in [3.05, 3.63) is 0 Å². The third-order valence-electron chi connectivity index (χ3n) is 3.48. The van der Waals surface area contributed by atoms with Gasteiger partial charge in [-0.05, 0) is 25.7 Å². The van der Waals surface area contributed by atoms with Crippen LogP contribution in [0.1, 0.15) is 39.0 Å². The van der Waals surface area contributed by atoms with Gasteiger partial charge in [0, 0.05) is 0 Å². The van der Waals surface area contributed by atoms with E-state index in [9.17, 15) is 9.18 Å². The fourth-order valence-electron chi connectivity index (χ4n) is 2.41. The van der Waals surface area contributed by atoms with Crippen LogP contribution in [0.3, 0.4) is 0 Å². The first-order valence-electron chi connectivity index (χ1n) is 5.54. The molecule has 1 rings (SSSR count). The predicted molar refractivity (Wildman–Crippen MR) is 56.1 cm³/mol. The maximum Gasteiger partial charge on any atom is 0.329 e. The van der Waals surface area contributed by atoms with Crippen molar-refractivity contribution in [1.29, 1.82) is 0 Å². The van der Waals surface area contributed by atoms with Crippen LogP contribution >= 0.6 is 0 Å². The van der Waals surface area contributed by atoms with Gasteiger partial charge in [0.15, 0.2) is 0 Å². The third-order valence-corrected chi connectivity index (χ3v) is 3.48. The lowest BCUT2D eigenvalue weighted by atomic mass is 9.73. The van der Waals surface area contributed by atoms with Crippen LogP contribution < -0.4 is 5.73 Å². The molecule has 1 aliphatic rings. The van der Waals surface area contributed by atoms with Gasteiger partial charge in [-0.1, -0.05) is 19.3 Å². The number of rotatable bonds is 3. The van der Waals surface area contributed by atoms with E-state index in [4.69, 9.17) is 5.73 Å². The van der Waals surface area contributed by atoms with Crippen LogP contribution in [-0.2, 0) is 9.53 Å². The molecule has 0 aromatic rings. The number of carbonyl (C=O) groups is 1. The van der Waals surface area contributed by atoms with E-state index in [1.165, 1.54) is 14.0 Å². The van der Waals surface area contributed by atoms with Crippen molar-refractivity contribution < 1.29 is 13.9 Å². The number of ether oxygens (including phenoxy) is 1. The zero-order chi connectivity index (χ0) is 11.5. The average molecular weight is 217 g/mol. The molecule has 0 aromatic carbocycles. The maximum absolute atomic E-state index is 13.5. The van der Waals surface area contributed by atoms with Gasteiger partial charge in [0.1, 0.15) is 11.7 Å². The number of methoxy groups -OCH3 is 1. The molecular weight excluding hydrogens is 197 g/mol. The van der Waals surface area contributed by atoms with Gasteiger partial charge in [-0.2, -0.15) is 0 Å². The van der Waals surface area contributed by atoms with E-state index in [0.29, 0.717) is 0 Å². The second-order valence-electron chi connectivity index (χ2n) is 4.38. The van der Waals surface area contributed by atoms with Gasteiger partial charge in [-0.15, -0.1) is 0 Å². The highest BCUT2D eigenvalue weighted by molar-refractivity contribution is 5.81. The smallest absolute Gasteiger partial charge is 0.329 e. The molecule has 88 valence electrons. The minimum absolute atomic E-state index is 0.0845. The first-order chi connectivity index (χ1) is 7.03. The number of alkyl halides is 1. The van der Waals surface area contributed by atoms with Crippen LogP contribution in [0.5, 0.6) is 0 Å². The summed E-state index contributed by atoms with van der Waals surface area (Å²) in [7, 11) is 1.26. The molecule has 0 bridgehead atoms. The molecule has 1 aliphatic carbocycles. The first kappa shape index (κ1) is 12.4. The summed E-state index contributed by atoms with van der Waals surface area (Å²) >= 11 is 0. The molecule has 0 saturated heterocycles. The zero-order valence-electron chi connectivity index (χ0n) is 9.46. The Kier molecular flexibility index (Phi) is 4.08. The minimum atomic E-state index is -1.45. The summed E-state index contributed by atoms with van der Waals surface area (Å²) in [6.07, 6.45) is 3.46. The molecule has 0 aliphatic heterocycles. The lowest BCUT2D eigenvalue weighted by molar-refractivity contribution is -0.153. The molecular formula is C11H20FNO2. The van der Waals surface area contributed by atoms with E-state index in [1.54, 1.807) is 0 Å². The van der Waals surface area contributed by atoms with Gasteiger partial charge in [0.05, 0.1) is 7.11 Å². The summed E-state index contributed by atoms with van der Waals surface area (Å²) in [5.74, 6) is -0.705. The van der Waals surface area contributed by atoms with Crippen LogP contribution in [0.2, 0.25) is 0 Å². The van der Waals surface area contributed by atoms with Gasteiger partial charge >= 0.3 is 5.97 Å². The highest BCUT2D eigenvalue weighted by Crippen LogP contribution is 2.35. The maximum atomic E-state index is 13.5. The van der Waals surface area contributed by atoms with Crippen molar-refractivity contribution in [2.75, 3.05) is 7.11 Å². The fourth-order valence-corrected chi connectivity index (χ4v) is 2.41. The number of nitrogens with two attached hydrogens (primary N) is 1. The van der Waals surface area contributed by atoms with E-state index in [-0.39, 0.29) is 5.92 Å². The summed E-state index contributed by atoms with van der Waals surface area (Å²) in [6.45, 7) is 1.34. The second-order valence-corrected chi connectivity index (χ2v) is 4.38. The van der Waals surface area contributed by atoms with Crippen molar-refractivity contribution in [2.24, 2.45) is 11.7 Å². The lowest BCUT2D eigenvalue weighted by Gasteiger charge is -2.38. The molecule has 2 unspecified atom stereocenters. The Morgan fingerprint density at radius 3 is 2.40 bits per heavy atom. The quantitative estimate of drug-likeness (QED) is 0.733. The Morgan fingerprint density at radius 1 is 1.47 bits per heavy atom. The molecule has 3 nitrogen and oxygen atoms in total. The molecule has 2 N–H and O–H groups in total. The van der Waals surface area contributed by atoms with E-state index in [0.717, 1.165) is 32.1 Å². The van der Waals surface area contributed by atoms with Crippen LogP contribution in [0.25, 0.3) is 0 Å². The standard InChI is InChI=1S/C11H20FNO2/c1-8(12)11(13,10(14)15-2)9-6-4-3-5-7-9/h8-9H,3-7,13H2,1-2H3. The number of carbonyl (C=O) groups excluding carboxylic acids is 1. The van der Waals surface area contributed by atoms with Gasteiger partial charge in [-0.25, -0.2) is 9.18 Å². The van der Waals surface area contributed by atoms with E-state index < -0.39 is 17.7 Å². The Bertz CT molecular complexity index is 227. The van der Waals surface area contributed by atoms with Crippen LogP contribution in [0, 0.1) is 5.92 Å². The molecule has 4 heteroatoms. The van der Waals surface area contributed by atoms with Gasteiger partial charge in [0.25, 0.3) is 0 Å². The number of hydrogen-bond acceptors (Lipinski definition) is 3. The van der Waals surface area contributed by atoms with Gasteiger partial charge < -0.3 is 10.5 Å². The van der Waals surface area contributed by atoms with Crippen LogP contribution in [0.4, 0.5) is 4.39 Å². The fraction of sp³-hybridized carbons (Fsp3) is 0.909. The van der Waals surface area contributed by atoms with E-state index >= 15 is 0 Å². The summed E-state index contributed by atoms with van der Waals surface area (Å²) in [5, 5.41) is 0. The Labute approximate surface area is 90.2 Å². The molecule has 15 heavy (non-hydrogen) atoms. The predicted octanol–water partition coefficient (Wildman–Crippen LogP) is 1.80. The van der Waals surface area contributed by atoms with Gasteiger partial charge in [-0.3, -0.25) is 0 Å². The molecule has 0 amide bonds. The summed E-state index contributed by atoms with van der Waals surface area (Å²) in [6, 6.07) is 0. The third kappa shape index (κ3) is 2.30. The number of esters is 1. The zero-order valence-corrected chi connectivity index (χ0v) is 9.46. The first-order valence-corrected chi connectivity index (χ1v) is 5.54. The monoisotopic (exact) mass is 217 g/mol. The average Bonchev–Trinajstić information content (AvgIpc) is 2.27. The Morgan fingerprint density at radius 2 is 2.00 bits per heavy atom. The highest BCUT2D eigenvalue weighted by atomic mass is 19.1. The highest BCUT2D eigenvalue weighted by Gasteiger charge is 2.48. The van der Waals surface area contributed by atoms with Gasteiger partial charge in [0.2, 0.25) is 0 Å². The number of hydrogen-bond donors (Lipinski definition) is 1. The van der Waals surface area contributed by atoms with Crippen molar-refractivity contribution in [3.8, 4) is 0 Å². The van der Waals surface area contributed by atoms with Crippen molar-refractivity contribution >= 4 is 5.97 Å². The lowest BCUT2D eigenvalue weighted by Crippen LogP contribution is -2.61. The summed E-state index contributed by atoms with van der Waals surface area (Å²) in [4.78, 5) is 11.6. The van der Waals surface area contributed by atoms with E-state index in [1.807, 2.05) is 0 Å². The van der Waals surface area contributed by atoms with Crippen molar-refractivity contribution in [3.63, 3.8) is 0 Å².